The minimum Gasteiger partial charge on any atom is -0.490 e. The number of ether oxygens (including phenoxy) is 1. The molecule has 0 N–H and O–H groups in total. The van der Waals surface area contributed by atoms with E-state index in [9.17, 15) is 0 Å². The lowest BCUT2D eigenvalue weighted by Crippen LogP contribution is -2.38. The van der Waals surface area contributed by atoms with Crippen LogP contribution in [-0.4, -0.2) is 43.4 Å². The first-order valence-electron chi connectivity index (χ1n) is 8.46. The number of hydrogen-bond donors (Lipinski definition) is 0. The number of aryl methyl sites for hydroxylation is 2. The molecule has 1 saturated heterocycles. The van der Waals surface area contributed by atoms with Gasteiger partial charge in [-0.2, -0.15) is 0 Å². The van der Waals surface area contributed by atoms with Crippen molar-refractivity contribution in [1.82, 2.24) is 24.2 Å². The molecular weight excluding hydrogens is 302 g/mol. The summed E-state index contributed by atoms with van der Waals surface area (Å²) in [5, 5.41) is 9.32. The maximum absolute atomic E-state index is 6.32. The summed E-state index contributed by atoms with van der Waals surface area (Å²) in [6.45, 7) is 2.92. The predicted molar refractivity (Wildman–Crippen MR) is 92.8 cm³/mol. The lowest BCUT2D eigenvalue weighted by atomic mass is 10.1. The molecule has 0 unspecified atom stereocenters. The lowest BCUT2D eigenvalue weighted by Gasteiger charge is -2.31. The summed E-state index contributed by atoms with van der Waals surface area (Å²) >= 11 is 0. The molecule has 1 aliphatic heterocycles. The van der Waals surface area contributed by atoms with Gasteiger partial charge in [-0.05, 0) is 31.0 Å². The van der Waals surface area contributed by atoms with Crippen LogP contribution in [0.3, 0.4) is 0 Å². The lowest BCUT2D eigenvalue weighted by molar-refractivity contribution is 0.0960. The van der Waals surface area contributed by atoms with Crippen LogP contribution in [0.15, 0.2) is 36.8 Å². The van der Waals surface area contributed by atoms with Gasteiger partial charge in [-0.15, -0.1) is 10.2 Å². The number of rotatable bonds is 4. The van der Waals surface area contributed by atoms with Crippen LogP contribution in [0, 0.1) is 0 Å². The Morgan fingerprint density at radius 3 is 2.71 bits per heavy atom. The van der Waals surface area contributed by atoms with Crippen LogP contribution in [0.5, 0.6) is 5.75 Å². The summed E-state index contributed by atoms with van der Waals surface area (Å²) in [7, 11) is 4.06. The predicted octanol–water partition coefficient (Wildman–Crippen LogP) is 2.35. The van der Waals surface area contributed by atoms with E-state index in [0.29, 0.717) is 0 Å². The second kappa shape index (κ2) is 6.28. The number of nitrogens with zero attached hydrogens (tertiary/aromatic N) is 5. The van der Waals surface area contributed by atoms with Crippen molar-refractivity contribution in [2.75, 3.05) is 13.1 Å². The van der Waals surface area contributed by atoms with Gasteiger partial charge in [-0.3, -0.25) is 4.90 Å². The van der Waals surface area contributed by atoms with E-state index < -0.39 is 0 Å². The maximum Gasteiger partial charge on any atom is 0.146 e. The Hall–Kier alpha value is -2.34. The van der Waals surface area contributed by atoms with Gasteiger partial charge in [0.1, 0.15) is 24.0 Å². The van der Waals surface area contributed by atoms with E-state index in [1.54, 1.807) is 6.33 Å². The topological polar surface area (TPSA) is 48.1 Å². The SMILES string of the molecule is Cn1cnnc1CN1CCC(Oc2cccc3c2ccn3C)CC1. The minimum absolute atomic E-state index is 0.284. The van der Waals surface area contributed by atoms with Gasteiger partial charge in [0, 0.05) is 38.8 Å². The molecule has 0 radical (unpaired) electrons. The van der Waals surface area contributed by atoms with Crippen LogP contribution in [-0.2, 0) is 20.6 Å². The molecule has 1 fully saturated rings. The molecule has 1 aromatic carbocycles. The quantitative estimate of drug-likeness (QED) is 0.739. The molecule has 0 saturated carbocycles. The highest BCUT2D eigenvalue weighted by atomic mass is 16.5. The number of fused-ring (bicyclic) bond motifs is 1. The summed E-state index contributed by atoms with van der Waals surface area (Å²) in [6.07, 6.45) is 6.21. The summed E-state index contributed by atoms with van der Waals surface area (Å²) in [6, 6.07) is 8.41. The molecule has 0 spiro atoms. The molecule has 0 atom stereocenters. The number of benzene rings is 1. The standard InChI is InChI=1S/C18H23N5O/c1-21-9-8-15-16(21)4-3-5-17(15)24-14-6-10-23(11-7-14)12-18-20-19-13-22(18)2/h3-5,8-9,13-14H,6-7,10-12H2,1-2H3. The van der Waals surface area contributed by atoms with Crippen molar-refractivity contribution in [3.8, 4) is 5.75 Å². The normalized spacial score (nSPS) is 16.8. The van der Waals surface area contributed by atoms with Crippen LogP contribution in [0.25, 0.3) is 10.9 Å². The summed E-state index contributed by atoms with van der Waals surface area (Å²) in [4.78, 5) is 2.42. The Labute approximate surface area is 141 Å². The maximum atomic E-state index is 6.32. The highest BCUT2D eigenvalue weighted by Crippen LogP contribution is 2.28. The molecule has 1 aliphatic rings. The minimum atomic E-state index is 0.284. The number of piperidine rings is 1. The Morgan fingerprint density at radius 2 is 1.96 bits per heavy atom. The second-order valence-electron chi connectivity index (χ2n) is 6.57. The molecule has 0 amide bonds. The molecule has 6 nitrogen and oxygen atoms in total. The molecule has 2 aromatic heterocycles. The third kappa shape index (κ3) is 2.89. The zero-order valence-corrected chi connectivity index (χ0v) is 14.2. The van der Waals surface area contributed by atoms with Gasteiger partial charge in [-0.25, -0.2) is 0 Å². The average Bonchev–Trinajstić information content (AvgIpc) is 3.17. The third-order valence-electron chi connectivity index (χ3n) is 4.89. The highest BCUT2D eigenvalue weighted by Gasteiger charge is 2.22. The average molecular weight is 325 g/mol. The van der Waals surface area contributed by atoms with Crippen molar-refractivity contribution in [2.24, 2.45) is 14.1 Å². The Kier molecular flexibility index (Phi) is 3.98. The first-order valence-corrected chi connectivity index (χ1v) is 8.46. The zero-order chi connectivity index (χ0) is 16.5. The van der Waals surface area contributed by atoms with Crippen molar-refractivity contribution >= 4 is 10.9 Å². The van der Waals surface area contributed by atoms with Crippen molar-refractivity contribution in [3.05, 3.63) is 42.6 Å². The van der Waals surface area contributed by atoms with Crippen LogP contribution >= 0.6 is 0 Å². The first-order chi connectivity index (χ1) is 11.7. The van der Waals surface area contributed by atoms with Gasteiger partial charge >= 0.3 is 0 Å². The van der Waals surface area contributed by atoms with Crippen molar-refractivity contribution < 1.29 is 4.74 Å². The molecule has 24 heavy (non-hydrogen) atoms. The summed E-state index contributed by atoms with van der Waals surface area (Å²) < 4.78 is 10.4. The van der Waals surface area contributed by atoms with Crippen LogP contribution in [0.1, 0.15) is 18.7 Å². The van der Waals surface area contributed by atoms with Gasteiger partial charge in [-0.1, -0.05) is 6.07 Å². The van der Waals surface area contributed by atoms with Gasteiger partial charge in [0.2, 0.25) is 0 Å². The van der Waals surface area contributed by atoms with E-state index >= 15 is 0 Å². The molecule has 0 bridgehead atoms. The number of likely N-dealkylation sites (tertiary alicyclic amines) is 1. The van der Waals surface area contributed by atoms with E-state index in [1.807, 2.05) is 11.6 Å². The summed E-state index contributed by atoms with van der Waals surface area (Å²) in [5.41, 5.74) is 1.22. The fourth-order valence-corrected chi connectivity index (χ4v) is 3.39. The van der Waals surface area contributed by atoms with E-state index in [1.165, 1.54) is 10.9 Å². The van der Waals surface area contributed by atoms with Gasteiger partial charge in [0.05, 0.1) is 12.1 Å². The molecule has 4 rings (SSSR count). The van der Waals surface area contributed by atoms with Crippen molar-refractivity contribution in [3.63, 3.8) is 0 Å². The molecule has 3 aromatic rings. The molecule has 3 heterocycles. The monoisotopic (exact) mass is 325 g/mol. The van der Waals surface area contributed by atoms with Crippen molar-refractivity contribution in [1.29, 1.82) is 0 Å². The highest BCUT2D eigenvalue weighted by molar-refractivity contribution is 5.86. The van der Waals surface area contributed by atoms with Crippen LogP contribution < -0.4 is 4.74 Å². The summed E-state index contributed by atoms with van der Waals surface area (Å²) in [5.74, 6) is 2.02. The first kappa shape index (κ1) is 15.2. The van der Waals surface area contributed by atoms with E-state index in [0.717, 1.165) is 44.0 Å². The van der Waals surface area contributed by atoms with Crippen molar-refractivity contribution in [2.45, 2.75) is 25.5 Å². The Balaban J connectivity index is 1.38. The zero-order valence-electron chi connectivity index (χ0n) is 14.2. The smallest absolute Gasteiger partial charge is 0.146 e. The fraction of sp³-hybridized carbons (Fsp3) is 0.444. The van der Waals surface area contributed by atoms with Gasteiger partial charge in [0.15, 0.2) is 0 Å². The van der Waals surface area contributed by atoms with Crippen LogP contribution in [0.2, 0.25) is 0 Å². The van der Waals surface area contributed by atoms with Crippen LogP contribution in [0.4, 0.5) is 0 Å². The van der Waals surface area contributed by atoms with Gasteiger partial charge < -0.3 is 13.9 Å². The second-order valence-corrected chi connectivity index (χ2v) is 6.57. The molecule has 126 valence electrons. The molecular formula is C18H23N5O. The molecule has 6 heteroatoms. The third-order valence-corrected chi connectivity index (χ3v) is 4.89. The number of hydrogen-bond acceptors (Lipinski definition) is 4. The Bertz CT molecular complexity index is 829. The number of aromatic nitrogens is 4. The fourth-order valence-electron chi connectivity index (χ4n) is 3.39. The largest absolute Gasteiger partial charge is 0.490 e. The Morgan fingerprint density at radius 1 is 1.12 bits per heavy atom. The van der Waals surface area contributed by atoms with E-state index in [-0.39, 0.29) is 6.10 Å². The van der Waals surface area contributed by atoms with E-state index in [4.69, 9.17) is 4.74 Å². The molecule has 0 aliphatic carbocycles. The van der Waals surface area contributed by atoms with E-state index in [2.05, 4.69) is 57.2 Å². The van der Waals surface area contributed by atoms with Gasteiger partial charge in [0.25, 0.3) is 0 Å².